The monoisotopic (exact) mass is 435 g/mol. The van der Waals surface area contributed by atoms with Gasteiger partial charge in [-0.1, -0.05) is 26.0 Å². The lowest BCUT2D eigenvalue weighted by Gasteiger charge is -2.36. The molecule has 0 aromatic carbocycles. The number of carboxylic acid groups (broad SMARTS) is 1. The number of piperidine rings is 1. The van der Waals surface area contributed by atoms with E-state index in [4.69, 9.17) is 15.6 Å². The largest absolute Gasteiger partial charge is 0.490 e. The Hall–Kier alpha value is -2.17. The molecular weight excluding hydrogens is 403 g/mol. The molecule has 0 radical (unpaired) electrons. The Kier molecular flexibility index (Phi) is 8.41. The van der Waals surface area contributed by atoms with Gasteiger partial charge in [-0.2, -0.15) is 13.2 Å². The summed E-state index contributed by atoms with van der Waals surface area (Å²) in [7, 11) is 0. The van der Waals surface area contributed by atoms with E-state index in [1.165, 1.54) is 0 Å². The van der Waals surface area contributed by atoms with E-state index >= 15 is 0 Å². The highest BCUT2D eigenvalue weighted by Crippen LogP contribution is 2.27. The van der Waals surface area contributed by atoms with Crippen LogP contribution in [0.25, 0.3) is 0 Å². The van der Waals surface area contributed by atoms with Gasteiger partial charge in [-0.25, -0.2) is 4.79 Å². The molecule has 1 fully saturated rings. The number of rotatable bonds is 5. The topological polar surface area (TPSA) is 114 Å². The lowest BCUT2D eigenvalue weighted by Crippen LogP contribution is -2.45. The Morgan fingerprint density at radius 2 is 1.70 bits per heavy atom. The fourth-order valence-electron chi connectivity index (χ4n) is 2.85. The van der Waals surface area contributed by atoms with Crippen molar-refractivity contribution >= 4 is 11.9 Å². The summed E-state index contributed by atoms with van der Waals surface area (Å²) in [4.78, 5) is 23.4. The maximum atomic E-state index is 12.5. The van der Waals surface area contributed by atoms with Crippen LogP contribution in [0.15, 0.2) is 6.20 Å². The van der Waals surface area contributed by atoms with Gasteiger partial charge in [0, 0.05) is 25.0 Å². The summed E-state index contributed by atoms with van der Waals surface area (Å²) in [6, 6.07) is 0. The van der Waals surface area contributed by atoms with Gasteiger partial charge in [-0.3, -0.25) is 9.48 Å². The minimum atomic E-state index is -5.08. The van der Waals surface area contributed by atoms with Crippen LogP contribution in [-0.4, -0.2) is 56.1 Å². The first-order valence-corrected chi connectivity index (χ1v) is 9.87. The van der Waals surface area contributed by atoms with Crippen molar-refractivity contribution in [2.75, 3.05) is 13.1 Å². The molecule has 11 heteroatoms. The quantitative estimate of drug-likeness (QED) is 0.735. The Labute approximate surface area is 174 Å². The van der Waals surface area contributed by atoms with Gasteiger partial charge in [0.25, 0.3) is 0 Å². The number of nitrogens with two attached hydrogens (primary N) is 1. The molecule has 3 N–H and O–H groups in total. The number of carbonyl (C=O) groups excluding carboxylic acids is 1. The first kappa shape index (κ1) is 25.9. The zero-order chi connectivity index (χ0) is 23.3. The maximum Gasteiger partial charge on any atom is 0.490 e. The molecule has 1 aliphatic heterocycles. The van der Waals surface area contributed by atoms with Crippen LogP contribution in [0.4, 0.5) is 13.2 Å². The number of carboxylic acids is 1. The van der Waals surface area contributed by atoms with E-state index in [1.54, 1.807) is 0 Å². The Morgan fingerprint density at radius 3 is 2.07 bits per heavy atom. The van der Waals surface area contributed by atoms with Crippen LogP contribution in [0.3, 0.4) is 0 Å². The first-order chi connectivity index (χ1) is 13.6. The second-order valence-corrected chi connectivity index (χ2v) is 8.82. The van der Waals surface area contributed by atoms with E-state index < -0.39 is 17.7 Å². The van der Waals surface area contributed by atoms with Gasteiger partial charge in [0.1, 0.15) is 5.69 Å². The van der Waals surface area contributed by atoms with Crippen molar-refractivity contribution in [3.8, 4) is 0 Å². The van der Waals surface area contributed by atoms with Crippen molar-refractivity contribution in [1.82, 2.24) is 19.9 Å². The SMILES string of the molecule is CCC(C)(C)C(=O)N1CCC(Cn2cc(C(C)(C)N)nn2)CC1.O=C(O)C(F)(F)F. The fourth-order valence-corrected chi connectivity index (χ4v) is 2.85. The molecular formula is C19H32F3N5O3. The molecule has 2 heterocycles. The fraction of sp³-hybridized carbons (Fsp3) is 0.789. The van der Waals surface area contributed by atoms with Crippen molar-refractivity contribution in [1.29, 1.82) is 0 Å². The predicted molar refractivity (Wildman–Crippen MR) is 104 cm³/mol. The first-order valence-electron chi connectivity index (χ1n) is 9.87. The van der Waals surface area contributed by atoms with Crippen LogP contribution < -0.4 is 5.73 Å². The highest BCUT2D eigenvalue weighted by molar-refractivity contribution is 5.82. The van der Waals surface area contributed by atoms with E-state index in [9.17, 15) is 18.0 Å². The van der Waals surface area contributed by atoms with Gasteiger partial charge < -0.3 is 15.7 Å². The van der Waals surface area contributed by atoms with Gasteiger partial charge in [-0.15, -0.1) is 5.10 Å². The van der Waals surface area contributed by atoms with Crippen LogP contribution in [0.5, 0.6) is 0 Å². The summed E-state index contributed by atoms with van der Waals surface area (Å²) in [5.74, 6) is -1.93. The Bertz CT molecular complexity index is 718. The molecule has 0 spiro atoms. The summed E-state index contributed by atoms with van der Waals surface area (Å²) in [6.45, 7) is 12.5. The molecule has 0 unspecified atom stereocenters. The number of halogens is 3. The Morgan fingerprint density at radius 1 is 1.20 bits per heavy atom. The van der Waals surface area contributed by atoms with Crippen LogP contribution in [0.1, 0.15) is 59.6 Å². The molecule has 172 valence electrons. The summed E-state index contributed by atoms with van der Waals surface area (Å²) >= 11 is 0. The smallest absolute Gasteiger partial charge is 0.475 e. The van der Waals surface area contributed by atoms with E-state index in [0.717, 1.165) is 44.6 Å². The van der Waals surface area contributed by atoms with Crippen molar-refractivity contribution in [3.05, 3.63) is 11.9 Å². The minimum Gasteiger partial charge on any atom is -0.475 e. The third kappa shape index (κ3) is 7.58. The second-order valence-electron chi connectivity index (χ2n) is 8.82. The molecule has 30 heavy (non-hydrogen) atoms. The lowest BCUT2D eigenvalue weighted by molar-refractivity contribution is -0.192. The molecule has 1 aromatic rings. The van der Waals surface area contributed by atoms with E-state index in [2.05, 4.69) is 17.2 Å². The second kappa shape index (κ2) is 9.76. The van der Waals surface area contributed by atoms with Crippen molar-refractivity contribution in [3.63, 3.8) is 0 Å². The van der Waals surface area contributed by atoms with Gasteiger partial charge >= 0.3 is 12.1 Å². The third-order valence-electron chi connectivity index (χ3n) is 5.25. The van der Waals surface area contributed by atoms with Crippen molar-refractivity contribution in [2.24, 2.45) is 17.1 Å². The number of nitrogens with zero attached hydrogens (tertiary/aromatic N) is 4. The van der Waals surface area contributed by atoms with Crippen LogP contribution in [-0.2, 0) is 21.7 Å². The highest BCUT2D eigenvalue weighted by atomic mass is 19.4. The molecule has 1 aromatic heterocycles. The maximum absolute atomic E-state index is 12.5. The van der Waals surface area contributed by atoms with E-state index in [-0.39, 0.29) is 11.3 Å². The molecule has 0 aliphatic carbocycles. The molecule has 0 saturated carbocycles. The van der Waals surface area contributed by atoms with Gasteiger partial charge in [-0.05, 0) is 39.0 Å². The zero-order valence-corrected chi connectivity index (χ0v) is 18.2. The van der Waals surface area contributed by atoms with Gasteiger partial charge in [0.2, 0.25) is 5.91 Å². The number of aliphatic carboxylic acids is 1. The van der Waals surface area contributed by atoms with Crippen LogP contribution in [0.2, 0.25) is 0 Å². The van der Waals surface area contributed by atoms with Gasteiger partial charge in [0.15, 0.2) is 0 Å². The lowest BCUT2D eigenvalue weighted by atomic mass is 9.87. The number of hydrogen-bond acceptors (Lipinski definition) is 5. The molecule has 1 aliphatic rings. The zero-order valence-electron chi connectivity index (χ0n) is 18.2. The Balaban J connectivity index is 0.000000553. The molecule has 1 saturated heterocycles. The average Bonchev–Trinajstić information content (AvgIpc) is 3.10. The third-order valence-corrected chi connectivity index (χ3v) is 5.25. The normalized spacial score (nSPS) is 16.1. The van der Waals surface area contributed by atoms with Crippen molar-refractivity contribution in [2.45, 2.75) is 72.1 Å². The standard InChI is InChI=1S/C17H31N5O.C2HF3O2/c1-6-16(2,3)15(23)21-9-7-13(8-10-21)11-22-12-14(19-20-22)17(4,5)18;3-2(4,5)1(6)7/h12-13H,6-11,18H2,1-5H3;(H,6,7). The highest BCUT2D eigenvalue weighted by Gasteiger charge is 2.38. The van der Waals surface area contributed by atoms with Gasteiger partial charge in [0.05, 0.1) is 11.7 Å². The van der Waals surface area contributed by atoms with Crippen LogP contribution in [0, 0.1) is 11.3 Å². The summed E-state index contributed by atoms with van der Waals surface area (Å²) in [6.07, 6.45) is -0.223. The molecule has 0 bridgehead atoms. The number of likely N-dealkylation sites (tertiary alicyclic amines) is 1. The van der Waals surface area contributed by atoms with Crippen molar-refractivity contribution < 1.29 is 27.9 Å². The van der Waals surface area contributed by atoms with Crippen LogP contribution >= 0.6 is 0 Å². The number of carbonyl (C=O) groups is 2. The molecule has 1 amide bonds. The number of aromatic nitrogens is 3. The minimum absolute atomic E-state index is 0.250. The summed E-state index contributed by atoms with van der Waals surface area (Å²) in [5, 5.41) is 15.5. The average molecular weight is 435 g/mol. The number of alkyl halides is 3. The van der Waals surface area contributed by atoms with E-state index in [0.29, 0.717) is 5.92 Å². The summed E-state index contributed by atoms with van der Waals surface area (Å²) < 4.78 is 33.6. The predicted octanol–water partition coefficient (Wildman–Crippen LogP) is 2.78. The molecule has 0 atom stereocenters. The molecule has 2 rings (SSSR count). The summed E-state index contributed by atoms with van der Waals surface area (Å²) in [5.41, 5.74) is 6.16. The number of hydrogen-bond donors (Lipinski definition) is 2. The number of amides is 1. The molecule has 8 nitrogen and oxygen atoms in total. The van der Waals surface area contributed by atoms with E-state index in [1.807, 2.05) is 43.5 Å².